The highest BCUT2D eigenvalue weighted by atomic mass is 32.2. The number of nitrogens with one attached hydrogen (secondary N) is 1. The van der Waals surface area contributed by atoms with Crippen LogP contribution in [0.1, 0.15) is 36.3 Å². The van der Waals surface area contributed by atoms with E-state index in [-0.39, 0.29) is 23.3 Å². The lowest BCUT2D eigenvalue weighted by atomic mass is 10.1. The maximum atomic E-state index is 13.0. The molecule has 4 rings (SSSR count). The number of hydrogen-bond acceptors (Lipinski definition) is 9. The third-order valence-corrected chi connectivity index (χ3v) is 6.73. The number of benzene rings is 1. The molecule has 1 fully saturated rings. The van der Waals surface area contributed by atoms with Gasteiger partial charge in [0.15, 0.2) is 5.82 Å². The Morgan fingerprint density at radius 1 is 1.20 bits per heavy atom. The monoisotopic (exact) mass is 499 g/mol. The van der Waals surface area contributed by atoms with E-state index in [1.807, 2.05) is 25.7 Å². The molecule has 1 N–H and O–H groups in total. The Labute approximate surface area is 208 Å². The molecule has 3 atom stereocenters. The van der Waals surface area contributed by atoms with Crippen molar-refractivity contribution in [3.05, 3.63) is 41.9 Å². The molecular formula is C24H29N5O5S. The molecule has 0 bridgehead atoms. The second kappa shape index (κ2) is 11.0. The van der Waals surface area contributed by atoms with Crippen LogP contribution in [0, 0.1) is 6.92 Å². The summed E-state index contributed by atoms with van der Waals surface area (Å²) in [6.07, 6.45) is 3.86. The van der Waals surface area contributed by atoms with Gasteiger partial charge < -0.3 is 24.4 Å². The van der Waals surface area contributed by atoms with Gasteiger partial charge in [0.05, 0.1) is 30.7 Å². The molecule has 3 heterocycles. The van der Waals surface area contributed by atoms with Gasteiger partial charge in [-0.1, -0.05) is 11.8 Å². The average Bonchev–Trinajstić information content (AvgIpc) is 3.14. The number of thioether (sulfide) groups is 1. The van der Waals surface area contributed by atoms with E-state index < -0.39 is 5.91 Å². The van der Waals surface area contributed by atoms with E-state index in [1.54, 1.807) is 31.5 Å². The number of amides is 2. The van der Waals surface area contributed by atoms with E-state index in [1.165, 1.54) is 18.0 Å². The Morgan fingerprint density at radius 3 is 2.63 bits per heavy atom. The number of anilines is 1. The van der Waals surface area contributed by atoms with E-state index in [0.29, 0.717) is 34.7 Å². The van der Waals surface area contributed by atoms with Crippen LogP contribution < -0.4 is 14.8 Å². The molecule has 10 nitrogen and oxygen atoms in total. The van der Waals surface area contributed by atoms with Gasteiger partial charge in [0.2, 0.25) is 5.91 Å². The zero-order valence-electron chi connectivity index (χ0n) is 20.2. The van der Waals surface area contributed by atoms with E-state index in [9.17, 15) is 9.59 Å². The molecular weight excluding hydrogens is 470 g/mol. The number of rotatable bonds is 8. The minimum Gasteiger partial charge on any atom is -0.488 e. The van der Waals surface area contributed by atoms with Gasteiger partial charge in [-0.2, -0.15) is 0 Å². The number of nitrogens with zero attached hydrogens (tertiary/aromatic N) is 4. The largest absolute Gasteiger partial charge is 0.488 e. The number of aliphatic imine (C=N–C) groups is 1. The molecule has 2 aromatic rings. The van der Waals surface area contributed by atoms with Crippen molar-refractivity contribution >= 4 is 34.6 Å². The number of carbonyl (C=O) groups is 2. The van der Waals surface area contributed by atoms with Gasteiger partial charge in [-0.15, -0.1) is 0 Å². The van der Waals surface area contributed by atoms with Crippen LogP contribution in [0.3, 0.4) is 0 Å². The van der Waals surface area contributed by atoms with Gasteiger partial charge in [-0.3, -0.25) is 14.6 Å². The summed E-state index contributed by atoms with van der Waals surface area (Å²) < 4.78 is 17.1. The Morgan fingerprint density at radius 2 is 1.97 bits per heavy atom. The fraction of sp³-hybridized carbons (Fsp3) is 0.458. The molecule has 35 heavy (non-hydrogen) atoms. The van der Waals surface area contributed by atoms with Crippen molar-refractivity contribution in [1.29, 1.82) is 0 Å². The highest BCUT2D eigenvalue weighted by Crippen LogP contribution is 2.33. The second-order valence-corrected chi connectivity index (χ2v) is 9.62. The normalized spacial score (nSPS) is 20.0. The average molecular weight is 500 g/mol. The van der Waals surface area contributed by atoms with E-state index >= 15 is 0 Å². The first-order valence-corrected chi connectivity index (χ1v) is 12.3. The lowest BCUT2D eigenvalue weighted by molar-refractivity contribution is -0.134. The van der Waals surface area contributed by atoms with Crippen molar-refractivity contribution in [2.45, 2.75) is 44.6 Å². The maximum absolute atomic E-state index is 13.0. The summed E-state index contributed by atoms with van der Waals surface area (Å²) in [5.41, 5.74) is 1.06. The van der Waals surface area contributed by atoms with Crippen molar-refractivity contribution in [1.82, 2.24) is 14.9 Å². The third-order valence-electron chi connectivity index (χ3n) is 5.49. The molecule has 0 radical (unpaired) electrons. The van der Waals surface area contributed by atoms with Gasteiger partial charge in [0.25, 0.3) is 11.1 Å². The second-order valence-electron chi connectivity index (χ2n) is 8.53. The summed E-state index contributed by atoms with van der Waals surface area (Å²) in [6.45, 7) is 7.55. The molecule has 186 valence electrons. The molecule has 2 aliphatic heterocycles. The van der Waals surface area contributed by atoms with Crippen LogP contribution in [0.25, 0.3) is 0 Å². The van der Waals surface area contributed by atoms with Gasteiger partial charge in [-0.25, -0.2) is 9.98 Å². The van der Waals surface area contributed by atoms with Crippen molar-refractivity contribution in [2.24, 2.45) is 4.99 Å². The van der Waals surface area contributed by atoms with E-state index in [0.717, 1.165) is 25.2 Å². The van der Waals surface area contributed by atoms with Gasteiger partial charge in [-0.05, 0) is 39.3 Å². The summed E-state index contributed by atoms with van der Waals surface area (Å²) in [6, 6.07) is 4.71. The van der Waals surface area contributed by atoms with E-state index in [2.05, 4.69) is 20.3 Å². The van der Waals surface area contributed by atoms with Crippen LogP contribution in [0.4, 0.5) is 5.82 Å². The maximum Gasteiger partial charge on any atom is 0.257 e. The summed E-state index contributed by atoms with van der Waals surface area (Å²) in [4.78, 5) is 40.3. The number of ether oxygens (including phenoxy) is 3. The molecule has 0 saturated carbocycles. The predicted molar refractivity (Wildman–Crippen MR) is 133 cm³/mol. The highest BCUT2D eigenvalue weighted by Gasteiger charge is 2.38. The number of likely N-dealkylation sites (tertiary alicyclic amines) is 1. The van der Waals surface area contributed by atoms with Crippen molar-refractivity contribution < 1.29 is 23.8 Å². The summed E-state index contributed by atoms with van der Waals surface area (Å²) in [7, 11) is 1.59. The predicted octanol–water partition coefficient (Wildman–Crippen LogP) is 2.92. The fourth-order valence-corrected chi connectivity index (χ4v) is 4.67. The van der Waals surface area contributed by atoms with Gasteiger partial charge in [0, 0.05) is 31.8 Å². The number of hydrogen-bond donors (Lipinski definition) is 1. The molecule has 1 aromatic carbocycles. The Hall–Kier alpha value is -3.18. The number of aryl methyl sites for hydroxylation is 1. The molecule has 11 heteroatoms. The topological polar surface area (TPSA) is 115 Å². The molecule has 1 aromatic heterocycles. The number of carbonyl (C=O) groups excluding carboxylic acids is 2. The van der Waals surface area contributed by atoms with Crippen LogP contribution in [0.5, 0.6) is 11.5 Å². The molecule has 2 aliphatic rings. The van der Waals surface area contributed by atoms with Crippen LogP contribution in [-0.2, 0) is 9.53 Å². The number of methoxy groups -OCH3 is 1. The van der Waals surface area contributed by atoms with Crippen molar-refractivity contribution in [3.63, 3.8) is 0 Å². The minimum absolute atomic E-state index is 0.0841. The van der Waals surface area contributed by atoms with Crippen molar-refractivity contribution in [3.8, 4) is 11.5 Å². The standard InChI is InChI=1S/C24H29N5O5S/c1-14-11-26-20(12-25-14)28-22(30)17-8-18(33-15(2)13-32-4)10-19(9-17)34-24-27-16(3)21(35-24)23(31)29-6-5-7-29/h8-12,15-16,21H,5-7,13H2,1-4H3,(H,26,28,30)/t15-,16?,21?/m0/s1. The minimum atomic E-state index is -0.391. The van der Waals surface area contributed by atoms with Gasteiger partial charge >= 0.3 is 0 Å². The van der Waals surface area contributed by atoms with Crippen LogP contribution >= 0.6 is 11.8 Å². The van der Waals surface area contributed by atoms with Crippen molar-refractivity contribution in [2.75, 3.05) is 32.1 Å². The Kier molecular flexibility index (Phi) is 7.86. The first kappa shape index (κ1) is 24.9. The molecule has 2 unspecified atom stereocenters. The number of aromatic nitrogens is 2. The van der Waals surface area contributed by atoms with Crippen LogP contribution in [0.2, 0.25) is 0 Å². The highest BCUT2D eigenvalue weighted by molar-refractivity contribution is 8.15. The first-order valence-electron chi connectivity index (χ1n) is 11.4. The molecule has 2 amide bonds. The summed E-state index contributed by atoms with van der Waals surface area (Å²) in [5, 5.41) is 2.81. The Bertz CT molecular complexity index is 1110. The third kappa shape index (κ3) is 6.29. The smallest absolute Gasteiger partial charge is 0.257 e. The Balaban J connectivity index is 1.52. The summed E-state index contributed by atoms with van der Waals surface area (Å²) in [5.74, 6) is 0.845. The lowest BCUT2D eigenvalue weighted by Crippen LogP contribution is -2.48. The molecule has 0 spiro atoms. The molecule has 1 saturated heterocycles. The lowest BCUT2D eigenvalue weighted by Gasteiger charge is -2.33. The zero-order valence-corrected chi connectivity index (χ0v) is 21.0. The molecule has 0 aliphatic carbocycles. The van der Waals surface area contributed by atoms with Crippen LogP contribution in [0.15, 0.2) is 35.6 Å². The summed E-state index contributed by atoms with van der Waals surface area (Å²) >= 11 is 1.30. The van der Waals surface area contributed by atoms with Gasteiger partial charge in [0.1, 0.15) is 22.9 Å². The zero-order chi connectivity index (χ0) is 24.9. The fourth-order valence-electron chi connectivity index (χ4n) is 3.57. The first-order chi connectivity index (χ1) is 16.8. The van der Waals surface area contributed by atoms with Crippen LogP contribution in [-0.4, -0.2) is 76.1 Å². The quantitative estimate of drug-likeness (QED) is 0.590. The van der Waals surface area contributed by atoms with E-state index in [4.69, 9.17) is 14.2 Å². The SMILES string of the molecule is COC[C@H](C)Oc1cc(OC2=NC(C)C(C(=O)N3CCC3)S2)cc(C(=O)Nc2cnc(C)cn2)c1.